The molecule has 0 radical (unpaired) electrons. The van der Waals surface area contributed by atoms with Gasteiger partial charge in [0.25, 0.3) is 0 Å². The van der Waals surface area contributed by atoms with Gasteiger partial charge in [-0.1, -0.05) is 91.0 Å². The highest BCUT2D eigenvalue weighted by atomic mass is 16.7. The van der Waals surface area contributed by atoms with Crippen LogP contribution in [-0.4, -0.2) is 43.6 Å². The molecule has 1 aliphatic heterocycles. The Morgan fingerprint density at radius 3 is 1.90 bits per heavy atom. The quantitative estimate of drug-likeness (QED) is 0.257. The molecule has 5 atom stereocenters. The van der Waals surface area contributed by atoms with Crippen molar-refractivity contribution < 1.29 is 24.1 Å². The molecule has 3 N–H and O–H groups in total. The standard InChI is InChI=1S/C33H32N4O5/c34-31-26-16-17-27(37(26)36-22-35-31)33(38)30(41-21-25-14-8-3-9-15-25)29(40-20-24-12-6-2-7-13-24)32(42-33)18-28(32)39-19-23-10-4-1-5-11-23/h1-17,22,28-30,38H,18-21H2,(H2,34,35,36)/t28?,29-,30+,32?,33?/m0/s1. The Morgan fingerprint density at radius 1 is 0.762 bits per heavy atom. The SMILES string of the molecule is Nc1ncnn2c(C3(O)OC4(CC4OCc4ccccc4)[C@@H](OCc4ccccc4)[C@H]3OCc3ccccc3)ccc12. The number of nitrogen functional groups attached to an aromatic ring is 1. The molecule has 2 aromatic heterocycles. The predicted molar refractivity (Wildman–Crippen MR) is 155 cm³/mol. The van der Waals surface area contributed by atoms with Gasteiger partial charge in [0.1, 0.15) is 35.3 Å². The van der Waals surface area contributed by atoms with E-state index in [1.165, 1.54) is 6.33 Å². The molecule has 7 rings (SSSR count). The van der Waals surface area contributed by atoms with Crippen molar-refractivity contribution in [1.82, 2.24) is 14.6 Å². The number of hydrogen-bond acceptors (Lipinski definition) is 8. The molecule has 42 heavy (non-hydrogen) atoms. The van der Waals surface area contributed by atoms with Crippen LogP contribution in [0.4, 0.5) is 5.82 Å². The number of ether oxygens (including phenoxy) is 4. The average molecular weight is 565 g/mol. The molecule has 214 valence electrons. The molecule has 1 saturated heterocycles. The summed E-state index contributed by atoms with van der Waals surface area (Å²) in [5, 5.41) is 16.9. The molecule has 0 bridgehead atoms. The number of anilines is 1. The van der Waals surface area contributed by atoms with Crippen molar-refractivity contribution >= 4 is 11.3 Å². The Labute approximate surface area is 243 Å². The summed E-state index contributed by atoms with van der Waals surface area (Å²) in [6, 6.07) is 33.2. The zero-order chi connectivity index (χ0) is 28.6. The van der Waals surface area contributed by atoms with Crippen LogP contribution < -0.4 is 5.73 Å². The minimum Gasteiger partial charge on any atom is -0.382 e. The summed E-state index contributed by atoms with van der Waals surface area (Å²) in [6.45, 7) is 0.968. The smallest absolute Gasteiger partial charge is 0.240 e. The van der Waals surface area contributed by atoms with Crippen molar-refractivity contribution in [2.45, 2.75) is 55.9 Å². The first-order chi connectivity index (χ1) is 20.6. The van der Waals surface area contributed by atoms with Gasteiger partial charge >= 0.3 is 0 Å². The highest BCUT2D eigenvalue weighted by Crippen LogP contribution is 2.59. The van der Waals surface area contributed by atoms with Crippen molar-refractivity contribution in [3.8, 4) is 0 Å². The van der Waals surface area contributed by atoms with Crippen LogP contribution in [0, 0.1) is 0 Å². The van der Waals surface area contributed by atoms with Gasteiger partial charge in [0.2, 0.25) is 5.79 Å². The van der Waals surface area contributed by atoms with Gasteiger partial charge in [-0.3, -0.25) is 0 Å². The molecule has 2 aliphatic rings. The van der Waals surface area contributed by atoms with E-state index in [4.69, 9.17) is 24.7 Å². The number of aliphatic hydroxyl groups is 1. The summed E-state index contributed by atoms with van der Waals surface area (Å²) in [5.74, 6) is -1.63. The maximum absolute atomic E-state index is 12.5. The lowest BCUT2D eigenvalue weighted by Crippen LogP contribution is -2.45. The van der Waals surface area contributed by atoms with Crippen LogP contribution in [0.5, 0.6) is 0 Å². The third-order valence-corrected chi connectivity index (χ3v) is 8.06. The molecular formula is C33H32N4O5. The normalized spacial score (nSPS) is 26.6. The van der Waals surface area contributed by atoms with E-state index in [2.05, 4.69) is 10.1 Å². The van der Waals surface area contributed by atoms with E-state index in [0.717, 1.165) is 16.7 Å². The van der Waals surface area contributed by atoms with E-state index in [9.17, 15) is 5.11 Å². The lowest BCUT2D eigenvalue weighted by atomic mass is 10.00. The summed E-state index contributed by atoms with van der Waals surface area (Å²) in [5.41, 5.74) is 9.14. The van der Waals surface area contributed by atoms with Crippen LogP contribution in [0.2, 0.25) is 0 Å². The zero-order valence-electron chi connectivity index (χ0n) is 23.0. The molecule has 3 aromatic carbocycles. The van der Waals surface area contributed by atoms with Gasteiger partial charge in [-0.2, -0.15) is 5.10 Å². The van der Waals surface area contributed by atoms with Gasteiger partial charge in [0, 0.05) is 6.42 Å². The predicted octanol–water partition coefficient (Wildman–Crippen LogP) is 4.39. The third kappa shape index (κ3) is 4.85. The molecule has 3 unspecified atom stereocenters. The van der Waals surface area contributed by atoms with Crippen LogP contribution in [0.1, 0.15) is 28.8 Å². The van der Waals surface area contributed by atoms with Crippen LogP contribution in [0.25, 0.3) is 5.52 Å². The van der Waals surface area contributed by atoms with Crippen LogP contribution >= 0.6 is 0 Å². The fraction of sp³-hybridized carbons (Fsp3) is 0.273. The summed E-state index contributed by atoms with van der Waals surface area (Å²) in [7, 11) is 0. The summed E-state index contributed by atoms with van der Waals surface area (Å²) in [6.07, 6.45) is -0.00147. The Morgan fingerprint density at radius 2 is 1.31 bits per heavy atom. The first-order valence-electron chi connectivity index (χ1n) is 14.0. The molecule has 1 saturated carbocycles. The van der Waals surface area contributed by atoms with Crippen molar-refractivity contribution in [2.75, 3.05) is 5.73 Å². The zero-order valence-corrected chi connectivity index (χ0v) is 23.0. The Kier molecular flexibility index (Phi) is 6.97. The van der Waals surface area contributed by atoms with E-state index >= 15 is 0 Å². The van der Waals surface area contributed by atoms with Gasteiger partial charge < -0.3 is 29.8 Å². The Bertz CT molecular complexity index is 1650. The summed E-state index contributed by atoms with van der Waals surface area (Å²) >= 11 is 0. The Balaban J connectivity index is 1.26. The van der Waals surface area contributed by atoms with Gasteiger partial charge in [-0.25, -0.2) is 9.50 Å². The maximum atomic E-state index is 12.5. The summed E-state index contributed by atoms with van der Waals surface area (Å²) < 4.78 is 27.8. The molecular weight excluding hydrogens is 532 g/mol. The number of aromatic nitrogens is 3. The second-order valence-electron chi connectivity index (χ2n) is 10.8. The number of rotatable bonds is 10. The lowest BCUT2D eigenvalue weighted by Gasteiger charge is -2.30. The summed E-state index contributed by atoms with van der Waals surface area (Å²) in [4.78, 5) is 4.10. The number of hydrogen-bond donors (Lipinski definition) is 2. The number of nitrogens with zero attached hydrogens (tertiary/aromatic N) is 3. The van der Waals surface area contributed by atoms with Crippen molar-refractivity contribution in [3.05, 3.63) is 132 Å². The number of nitrogens with two attached hydrogens (primary N) is 1. The molecule has 1 spiro atoms. The monoisotopic (exact) mass is 564 g/mol. The topological polar surface area (TPSA) is 113 Å². The highest BCUT2D eigenvalue weighted by molar-refractivity contribution is 5.65. The van der Waals surface area contributed by atoms with Gasteiger partial charge in [0.15, 0.2) is 5.82 Å². The number of fused-ring (bicyclic) bond motifs is 1. The second-order valence-corrected chi connectivity index (χ2v) is 10.8. The molecule has 3 heterocycles. The van der Waals surface area contributed by atoms with Crippen molar-refractivity contribution in [1.29, 1.82) is 0 Å². The van der Waals surface area contributed by atoms with Crippen LogP contribution in [0.15, 0.2) is 109 Å². The fourth-order valence-electron chi connectivity index (χ4n) is 5.85. The molecule has 9 heteroatoms. The fourth-order valence-corrected chi connectivity index (χ4v) is 5.85. The minimum atomic E-state index is -1.92. The minimum absolute atomic E-state index is 0.244. The van der Waals surface area contributed by atoms with E-state index in [-0.39, 0.29) is 12.7 Å². The van der Waals surface area contributed by atoms with Gasteiger partial charge in [0.05, 0.1) is 25.9 Å². The molecule has 2 fully saturated rings. The van der Waals surface area contributed by atoms with E-state index in [0.29, 0.717) is 36.7 Å². The van der Waals surface area contributed by atoms with Crippen LogP contribution in [-0.2, 0) is 44.6 Å². The van der Waals surface area contributed by atoms with Gasteiger partial charge in [-0.15, -0.1) is 0 Å². The average Bonchev–Trinajstić information content (AvgIpc) is 3.40. The third-order valence-electron chi connectivity index (χ3n) is 8.06. The van der Waals surface area contributed by atoms with Crippen LogP contribution in [0.3, 0.4) is 0 Å². The van der Waals surface area contributed by atoms with E-state index < -0.39 is 23.6 Å². The Hall–Kier alpha value is -4.12. The molecule has 5 aromatic rings. The molecule has 1 aliphatic carbocycles. The molecule has 0 amide bonds. The second kappa shape index (κ2) is 10.9. The van der Waals surface area contributed by atoms with Gasteiger partial charge in [-0.05, 0) is 28.8 Å². The highest BCUT2D eigenvalue weighted by Gasteiger charge is 2.76. The van der Waals surface area contributed by atoms with Crippen molar-refractivity contribution in [3.63, 3.8) is 0 Å². The largest absolute Gasteiger partial charge is 0.382 e. The van der Waals surface area contributed by atoms with E-state index in [1.54, 1.807) is 16.6 Å². The first-order valence-corrected chi connectivity index (χ1v) is 14.0. The number of benzene rings is 3. The lowest BCUT2D eigenvalue weighted by molar-refractivity contribution is -0.259. The van der Waals surface area contributed by atoms with Crippen molar-refractivity contribution in [2.24, 2.45) is 0 Å². The maximum Gasteiger partial charge on any atom is 0.240 e. The molecule has 9 nitrogen and oxygen atoms in total. The first kappa shape index (κ1) is 26.8. The van der Waals surface area contributed by atoms with E-state index in [1.807, 2.05) is 91.0 Å².